The fourth-order valence-electron chi connectivity index (χ4n) is 3.05. The van der Waals surface area contributed by atoms with Crippen molar-refractivity contribution in [1.82, 2.24) is 14.7 Å². The Morgan fingerprint density at radius 3 is 2.75 bits per heavy atom. The Morgan fingerprint density at radius 1 is 1.42 bits per heavy atom. The largest absolute Gasteiger partial charge is 0.466 e. The lowest BCUT2D eigenvalue weighted by Gasteiger charge is -2.35. The normalized spacial score (nSPS) is 20.3. The second-order valence-corrected chi connectivity index (χ2v) is 8.31. The summed E-state index contributed by atoms with van der Waals surface area (Å²) in [5.74, 6) is 0.912. The first-order valence-electron chi connectivity index (χ1n) is 7.91. The van der Waals surface area contributed by atoms with E-state index in [1.807, 2.05) is 6.92 Å². The highest BCUT2D eigenvalue weighted by Crippen LogP contribution is 2.29. The van der Waals surface area contributed by atoms with Crippen molar-refractivity contribution in [3.8, 4) is 0 Å². The van der Waals surface area contributed by atoms with Crippen LogP contribution in [0.25, 0.3) is 0 Å². The fraction of sp³-hybridized carbons (Fsp3) is 0.500. The van der Waals surface area contributed by atoms with Crippen molar-refractivity contribution in [2.45, 2.75) is 33.4 Å². The molecule has 24 heavy (non-hydrogen) atoms. The molecule has 0 unspecified atom stereocenters. The minimum absolute atomic E-state index is 0.0208. The van der Waals surface area contributed by atoms with E-state index >= 15 is 0 Å². The summed E-state index contributed by atoms with van der Waals surface area (Å²) in [5.41, 5.74) is 1.23. The van der Waals surface area contributed by atoms with E-state index in [0.717, 1.165) is 5.56 Å². The number of hydrogen-bond donors (Lipinski definition) is 0. The van der Waals surface area contributed by atoms with Crippen LogP contribution in [-0.2, 0) is 16.4 Å². The smallest absolute Gasteiger partial charge is 0.257 e. The van der Waals surface area contributed by atoms with Gasteiger partial charge in [-0.15, -0.1) is 0 Å². The van der Waals surface area contributed by atoms with Gasteiger partial charge < -0.3 is 9.32 Å². The SMILES string of the molecule is CCn1cc([C@@H]2CS(=O)(=O)CCN2C(=O)c2cc(C)oc2C)cn1. The highest BCUT2D eigenvalue weighted by atomic mass is 32.2. The van der Waals surface area contributed by atoms with Crippen LogP contribution in [0.3, 0.4) is 0 Å². The van der Waals surface area contributed by atoms with E-state index in [4.69, 9.17) is 4.42 Å². The van der Waals surface area contributed by atoms with Gasteiger partial charge in [0.2, 0.25) is 0 Å². The van der Waals surface area contributed by atoms with E-state index in [2.05, 4.69) is 5.10 Å². The molecule has 3 heterocycles. The quantitative estimate of drug-likeness (QED) is 0.840. The molecule has 7 nitrogen and oxygen atoms in total. The van der Waals surface area contributed by atoms with Gasteiger partial charge in [-0.05, 0) is 26.8 Å². The standard InChI is InChI=1S/C16H21N3O4S/c1-4-18-9-13(8-17-18)15-10-24(21,22)6-5-19(15)16(20)14-7-11(2)23-12(14)3/h7-9,15H,4-6,10H2,1-3H3/t15-/m0/s1. The summed E-state index contributed by atoms with van der Waals surface area (Å²) >= 11 is 0. The molecule has 2 aromatic heterocycles. The maximum Gasteiger partial charge on any atom is 0.257 e. The minimum atomic E-state index is -3.19. The van der Waals surface area contributed by atoms with Crippen LogP contribution in [0, 0.1) is 13.8 Å². The van der Waals surface area contributed by atoms with E-state index in [9.17, 15) is 13.2 Å². The van der Waals surface area contributed by atoms with Crippen molar-refractivity contribution in [3.63, 3.8) is 0 Å². The predicted molar refractivity (Wildman–Crippen MR) is 88.5 cm³/mol. The zero-order valence-corrected chi connectivity index (χ0v) is 14.8. The van der Waals surface area contributed by atoms with E-state index in [1.165, 1.54) is 0 Å². The second-order valence-electron chi connectivity index (χ2n) is 6.08. The number of hydrogen-bond acceptors (Lipinski definition) is 5. The highest BCUT2D eigenvalue weighted by Gasteiger charge is 2.37. The van der Waals surface area contributed by atoms with Gasteiger partial charge in [-0.25, -0.2) is 8.42 Å². The second kappa shape index (κ2) is 6.08. The first kappa shape index (κ1) is 16.8. The fourth-order valence-corrected chi connectivity index (χ4v) is 4.54. The Bertz CT molecular complexity index is 866. The van der Waals surface area contributed by atoms with Gasteiger partial charge in [-0.3, -0.25) is 9.48 Å². The summed E-state index contributed by atoms with van der Waals surface area (Å²) in [7, 11) is -3.19. The van der Waals surface area contributed by atoms with Crippen LogP contribution in [0.5, 0.6) is 0 Å². The Morgan fingerprint density at radius 2 is 2.17 bits per heavy atom. The van der Waals surface area contributed by atoms with Crippen molar-refractivity contribution < 1.29 is 17.6 Å². The molecule has 1 atom stereocenters. The number of carbonyl (C=O) groups excluding carboxylic acids is 1. The number of nitrogens with zero attached hydrogens (tertiary/aromatic N) is 3. The van der Waals surface area contributed by atoms with Crippen LogP contribution in [-0.4, -0.2) is 47.1 Å². The summed E-state index contributed by atoms with van der Waals surface area (Å²) < 4.78 is 31.4. The lowest BCUT2D eigenvalue weighted by atomic mass is 10.1. The van der Waals surface area contributed by atoms with E-state index in [-0.39, 0.29) is 24.0 Å². The molecule has 0 bridgehead atoms. The lowest BCUT2D eigenvalue weighted by Crippen LogP contribution is -2.46. The van der Waals surface area contributed by atoms with Gasteiger partial charge in [-0.2, -0.15) is 5.10 Å². The number of carbonyl (C=O) groups is 1. The van der Waals surface area contributed by atoms with Crippen LogP contribution in [0.15, 0.2) is 22.9 Å². The molecule has 0 saturated carbocycles. The summed E-state index contributed by atoms with van der Waals surface area (Å²) in [6.07, 6.45) is 3.45. The topological polar surface area (TPSA) is 85.4 Å². The predicted octanol–water partition coefficient (Wildman–Crippen LogP) is 1.72. The Kier molecular flexibility index (Phi) is 4.25. The zero-order chi connectivity index (χ0) is 17.5. The number of amides is 1. The zero-order valence-electron chi connectivity index (χ0n) is 14.0. The molecule has 1 amide bonds. The molecule has 8 heteroatoms. The summed E-state index contributed by atoms with van der Waals surface area (Å²) in [5, 5.41) is 4.21. The first-order valence-corrected chi connectivity index (χ1v) is 9.73. The minimum Gasteiger partial charge on any atom is -0.466 e. The number of aryl methyl sites for hydroxylation is 3. The molecule has 0 aliphatic carbocycles. The average Bonchev–Trinajstić information content (AvgIpc) is 3.12. The summed E-state index contributed by atoms with van der Waals surface area (Å²) in [4.78, 5) is 14.6. The number of aromatic nitrogens is 2. The third-order valence-corrected chi connectivity index (χ3v) is 5.95. The number of sulfone groups is 1. The van der Waals surface area contributed by atoms with Gasteiger partial charge in [0.25, 0.3) is 5.91 Å². The molecule has 3 rings (SSSR count). The van der Waals surface area contributed by atoms with E-state index in [1.54, 1.807) is 41.9 Å². The van der Waals surface area contributed by atoms with Crippen molar-refractivity contribution in [2.24, 2.45) is 0 Å². The summed E-state index contributed by atoms with van der Waals surface area (Å²) in [6.45, 7) is 6.34. The maximum absolute atomic E-state index is 12.9. The third-order valence-electron chi connectivity index (χ3n) is 4.33. The van der Waals surface area contributed by atoms with Crippen molar-refractivity contribution >= 4 is 15.7 Å². The highest BCUT2D eigenvalue weighted by molar-refractivity contribution is 7.91. The van der Waals surface area contributed by atoms with Gasteiger partial charge in [0, 0.05) is 24.8 Å². The molecule has 0 radical (unpaired) electrons. The Balaban J connectivity index is 1.97. The van der Waals surface area contributed by atoms with Gasteiger partial charge >= 0.3 is 0 Å². The maximum atomic E-state index is 12.9. The van der Waals surface area contributed by atoms with Crippen LogP contribution >= 0.6 is 0 Å². The molecule has 0 aromatic carbocycles. The first-order chi connectivity index (χ1) is 11.3. The Labute approximate surface area is 141 Å². The molecule has 0 spiro atoms. The third kappa shape index (κ3) is 3.10. The molecule has 1 aliphatic heterocycles. The van der Waals surface area contributed by atoms with Crippen LogP contribution in [0.2, 0.25) is 0 Å². The molecule has 1 aliphatic rings. The molecular formula is C16H21N3O4S. The van der Waals surface area contributed by atoms with Crippen molar-refractivity contribution in [1.29, 1.82) is 0 Å². The van der Waals surface area contributed by atoms with Crippen molar-refractivity contribution in [3.05, 3.63) is 41.1 Å². The molecular weight excluding hydrogens is 330 g/mol. The van der Waals surface area contributed by atoms with E-state index < -0.39 is 15.9 Å². The Hall–Kier alpha value is -2.09. The molecule has 130 valence electrons. The van der Waals surface area contributed by atoms with Gasteiger partial charge in [0.05, 0.1) is 29.3 Å². The lowest BCUT2D eigenvalue weighted by molar-refractivity contribution is 0.0695. The monoisotopic (exact) mass is 351 g/mol. The van der Waals surface area contributed by atoms with Crippen LogP contribution in [0.1, 0.15) is 40.4 Å². The van der Waals surface area contributed by atoms with Gasteiger partial charge in [0.15, 0.2) is 9.84 Å². The molecule has 2 aromatic rings. The molecule has 0 N–H and O–H groups in total. The van der Waals surface area contributed by atoms with Crippen LogP contribution in [0.4, 0.5) is 0 Å². The summed E-state index contributed by atoms with van der Waals surface area (Å²) in [6, 6.07) is 1.18. The molecule has 1 fully saturated rings. The average molecular weight is 351 g/mol. The molecule has 1 saturated heterocycles. The van der Waals surface area contributed by atoms with Gasteiger partial charge in [0.1, 0.15) is 11.5 Å². The number of furan rings is 1. The van der Waals surface area contributed by atoms with Gasteiger partial charge in [-0.1, -0.05) is 0 Å². The number of rotatable bonds is 3. The van der Waals surface area contributed by atoms with Crippen LogP contribution < -0.4 is 0 Å². The van der Waals surface area contributed by atoms with E-state index in [0.29, 0.717) is 23.6 Å². The van der Waals surface area contributed by atoms with Crippen molar-refractivity contribution in [2.75, 3.05) is 18.1 Å².